The van der Waals surface area contributed by atoms with Gasteiger partial charge in [-0.2, -0.15) is 0 Å². The number of aromatic nitrogens is 1. The first-order valence-corrected chi connectivity index (χ1v) is 29.9. The van der Waals surface area contributed by atoms with E-state index in [1.165, 1.54) is 122 Å². The molecule has 0 aromatic carbocycles. The number of unbranched alkanes of at least 4 members (excludes halogenated alkanes) is 14. The molecule has 0 radical (unpaired) electrons. The zero-order valence-electron chi connectivity index (χ0n) is 36.8. The highest BCUT2D eigenvalue weighted by molar-refractivity contribution is 8.76. The summed E-state index contributed by atoms with van der Waals surface area (Å²) in [6.45, 7) is 32.0. The van der Waals surface area contributed by atoms with Crippen molar-refractivity contribution < 1.29 is 8.85 Å². The molecule has 1 heterocycles. The molecule has 1 rings (SSSR count). The van der Waals surface area contributed by atoms with E-state index < -0.39 is 16.6 Å². The maximum Gasteiger partial charge on any atom is 0.192 e. The molecule has 0 aliphatic heterocycles. The molecule has 0 N–H and O–H groups in total. The Labute approximate surface area is 336 Å². The highest BCUT2D eigenvalue weighted by atomic mass is 33.1. The third kappa shape index (κ3) is 23.3. The summed E-state index contributed by atoms with van der Waals surface area (Å²) >= 11 is 0. The van der Waals surface area contributed by atoms with Gasteiger partial charge in [-0.25, -0.2) is 4.98 Å². The van der Waals surface area contributed by atoms with Gasteiger partial charge in [-0.3, -0.25) is 4.90 Å². The van der Waals surface area contributed by atoms with Gasteiger partial charge in [0.25, 0.3) is 0 Å². The molecule has 1 aromatic rings. The molecule has 0 saturated carbocycles. The van der Waals surface area contributed by atoms with Crippen LogP contribution in [-0.2, 0) is 8.85 Å². The summed E-state index contributed by atoms with van der Waals surface area (Å²) in [7, 11) is -0.0781. The van der Waals surface area contributed by atoms with E-state index >= 15 is 0 Å². The Kier molecular flexibility index (Phi) is 26.7. The SMILES string of the molecule is CCCCCCCCCCC(CN(CCCSSc1ccccn1)CC(CCCCCCCCCC)O[Si](C)(C)C(C)(C)C)O[Si](C)(C)C(C)(C)C. The average Bonchev–Trinajstić information content (AvgIpc) is 3.06. The largest absolute Gasteiger partial charge is 0.413 e. The predicted octanol–water partition coefficient (Wildman–Crippen LogP) is 15.4. The van der Waals surface area contributed by atoms with Crippen molar-refractivity contribution in [2.75, 3.05) is 25.4 Å². The second-order valence-corrected chi connectivity index (χ2v) is 30.7. The molecular weight excluding hydrogens is 709 g/mol. The fourth-order valence-corrected chi connectivity index (χ4v) is 11.0. The van der Waals surface area contributed by atoms with Crippen molar-refractivity contribution in [2.45, 2.75) is 231 Å². The van der Waals surface area contributed by atoms with Crippen LogP contribution in [0.5, 0.6) is 0 Å². The van der Waals surface area contributed by atoms with E-state index in [1.807, 2.05) is 33.9 Å². The first-order valence-electron chi connectivity index (χ1n) is 21.8. The zero-order valence-corrected chi connectivity index (χ0v) is 40.4. The number of nitrogens with zero attached hydrogens (tertiary/aromatic N) is 2. The van der Waals surface area contributed by atoms with Gasteiger partial charge >= 0.3 is 0 Å². The van der Waals surface area contributed by atoms with Crippen LogP contribution in [0.3, 0.4) is 0 Å². The van der Waals surface area contributed by atoms with E-state index in [0.29, 0.717) is 0 Å². The van der Waals surface area contributed by atoms with Gasteiger partial charge in [0.05, 0.1) is 12.2 Å². The van der Waals surface area contributed by atoms with Gasteiger partial charge in [-0.05, 0) is 85.0 Å². The van der Waals surface area contributed by atoms with Gasteiger partial charge in [0.1, 0.15) is 5.03 Å². The van der Waals surface area contributed by atoms with Crippen molar-refractivity contribution in [2.24, 2.45) is 0 Å². The zero-order chi connectivity index (χ0) is 38.9. The van der Waals surface area contributed by atoms with Crippen molar-refractivity contribution in [1.29, 1.82) is 0 Å². The molecule has 1 aromatic heterocycles. The minimum absolute atomic E-state index is 0.208. The lowest BCUT2D eigenvalue weighted by Crippen LogP contribution is -2.50. The smallest absolute Gasteiger partial charge is 0.192 e. The van der Waals surface area contributed by atoms with Crippen LogP contribution >= 0.6 is 21.6 Å². The van der Waals surface area contributed by atoms with Gasteiger partial charge in [0.2, 0.25) is 0 Å². The van der Waals surface area contributed by atoms with Crippen molar-refractivity contribution in [3.05, 3.63) is 24.4 Å². The van der Waals surface area contributed by atoms with Gasteiger partial charge in [0, 0.05) is 25.0 Å². The van der Waals surface area contributed by atoms with E-state index in [1.54, 1.807) is 0 Å². The summed E-state index contributed by atoms with van der Waals surface area (Å²) in [5, 5.41) is 1.52. The average molecular weight is 798 g/mol. The van der Waals surface area contributed by atoms with Crippen LogP contribution in [0.15, 0.2) is 29.4 Å². The highest BCUT2D eigenvalue weighted by Gasteiger charge is 2.41. The Morgan fingerprint density at radius 1 is 0.615 bits per heavy atom. The first-order chi connectivity index (χ1) is 24.5. The van der Waals surface area contributed by atoms with E-state index in [-0.39, 0.29) is 22.3 Å². The molecule has 0 aliphatic rings. The van der Waals surface area contributed by atoms with Gasteiger partial charge < -0.3 is 8.85 Å². The molecule has 0 saturated heterocycles. The second kappa shape index (κ2) is 27.7. The number of pyridine rings is 1. The standard InChI is InChI=1S/C44H88N2O2S2Si2/c1-13-15-17-19-21-23-25-27-32-40(47-51(9,10)43(3,4)5)38-46(36-31-37-49-50-42-34-29-30-35-45-42)39-41(48-52(11,12)44(6,7)8)33-28-26-24-22-20-18-16-14-2/h29-30,34-35,40-41H,13-28,31-33,36-39H2,1-12H3. The monoisotopic (exact) mass is 797 g/mol. The Hall–Kier alpha value is 0.164. The van der Waals surface area contributed by atoms with Gasteiger partial charge in [0.15, 0.2) is 16.6 Å². The maximum atomic E-state index is 7.32. The highest BCUT2D eigenvalue weighted by Crippen LogP contribution is 2.39. The molecule has 306 valence electrons. The topological polar surface area (TPSA) is 34.6 Å². The Morgan fingerprint density at radius 2 is 1.04 bits per heavy atom. The van der Waals surface area contributed by atoms with Crippen molar-refractivity contribution >= 4 is 38.2 Å². The van der Waals surface area contributed by atoms with Crippen LogP contribution in [0, 0.1) is 0 Å². The lowest BCUT2D eigenvalue weighted by atomic mass is 10.0. The van der Waals surface area contributed by atoms with Crippen LogP contribution < -0.4 is 0 Å². The van der Waals surface area contributed by atoms with Crippen LogP contribution in [0.1, 0.15) is 177 Å². The summed E-state index contributed by atoms with van der Waals surface area (Å²) < 4.78 is 14.6. The fraction of sp³-hybridized carbons (Fsp3) is 0.886. The fourth-order valence-electron chi connectivity index (χ4n) is 6.25. The van der Waals surface area contributed by atoms with Gasteiger partial charge in [-0.1, -0.05) is 175 Å². The normalized spacial score (nSPS) is 14.3. The molecule has 0 amide bonds. The maximum absolute atomic E-state index is 7.32. The number of hydrogen-bond donors (Lipinski definition) is 0. The van der Waals surface area contributed by atoms with Crippen molar-refractivity contribution in [1.82, 2.24) is 9.88 Å². The third-order valence-electron chi connectivity index (χ3n) is 11.7. The number of hydrogen-bond acceptors (Lipinski definition) is 6. The van der Waals surface area contributed by atoms with Crippen molar-refractivity contribution in [3.63, 3.8) is 0 Å². The molecule has 4 nitrogen and oxygen atoms in total. The van der Waals surface area contributed by atoms with Crippen LogP contribution in [0.25, 0.3) is 0 Å². The Morgan fingerprint density at radius 3 is 1.42 bits per heavy atom. The number of rotatable bonds is 32. The van der Waals surface area contributed by atoms with Gasteiger partial charge in [-0.15, -0.1) is 0 Å². The molecule has 0 bridgehead atoms. The minimum atomic E-state index is -1.92. The van der Waals surface area contributed by atoms with E-state index in [2.05, 4.69) is 104 Å². The minimum Gasteiger partial charge on any atom is -0.413 e. The quantitative estimate of drug-likeness (QED) is 0.0410. The molecule has 8 heteroatoms. The van der Waals surface area contributed by atoms with E-state index in [4.69, 9.17) is 8.85 Å². The lowest BCUT2D eigenvalue weighted by Gasteiger charge is -2.42. The molecular formula is C44H88N2O2S2Si2. The lowest BCUT2D eigenvalue weighted by molar-refractivity contribution is 0.0690. The van der Waals surface area contributed by atoms with E-state index in [9.17, 15) is 0 Å². The molecule has 0 spiro atoms. The Balaban J connectivity index is 3.12. The van der Waals surface area contributed by atoms with Crippen molar-refractivity contribution in [3.8, 4) is 0 Å². The van der Waals surface area contributed by atoms with Crippen LogP contribution in [-0.4, -0.2) is 64.1 Å². The molecule has 2 atom stereocenters. The summed E-state index contributed by atoms with van der Waals surface area (Å²) in [5.41, 5.74) is 0. The molecule has 0 fully saturated rings. The summed E-state index contributed by atoms with van der Waals surface area (Å²) in [6.07, 6.45) is 27.7. The molecule has 0 aliphatic carbocycles. The Bertz CT molecular complexity index is 931. The summed E-state index contributed by atoms with van der Waals surface area (Å²) in [6, 6.07) is 6.20. The van der Waals surface area contributed by atoms with Crippen LogP contribution in [0.2, 0.25) is 36.3 Å². The predicted molar refractivity (Wildman–Crippen MR) is 242 cm³/mol. The second-order valence-electron chi connectivity index (χ2n) is 18.7. The van der Waals surface area contributed by atoms with Crippen LogP contribution in [0.4, 0.5) is 0 Å². The third-order valence-corrected chi connectivity index (χ3v) is 23.1. The first kappa shape index (κ1) is 50.2. The summed E-state index contributed by atoms with van der Waals surface area (Å²) in [4.78, 5) is 7.30. The van der Waals surface area contributed by atoms with E-state index in [0.717, 1.165) is 30.4 Å². The molecule has 52 heavy (non-hydrogen) atoms. The summed E-state index contributed by atoms with van der Waals surface area (Å²) in [5.74, 6) is 1.12. The molecule has 2 unspecified atom stereocenters.